The van der Waals surface area contributed by atoms with Gasteiger partial charge in [-0.3, -0.25) is 0 Å². The van der Waals surface area contributed by atoms with Crippen molar-refractivity contribution in [3.8, 4) is 5.75 Å². The van der Waals surface area contributed by atoms with Crippen molar-refractivity contribution in [2.45, 2.75) is 25.9 Å². The van der Waals surface area contributed by atoms with Gasteiger partial charge in [0.15, 0.2) is 0 Å². The fourth-order valence-electron chi connectivity index (χ4n) is 1.94. The third kappa shape index (κ3) is 2.08. The lowest BCUT2D eigenvalue weighted by molar-refractivity contribution is -0.131. The minimum atomic E-state index is -0.934. The molecule has 1 heterocycles. The van der Waals surface area contributed by atoms with Gasteiger partial charge < -0.3 is 9.84 Å². The SMILES string of the molecule is CC1(C)Cc2c(/C=C/C(=O)O)cccc2O1. The van der Waals surface area contributed by atoms with Crippen molar-refractivity contribution in [3.63, 3.8) is 0 Å². The summed E-state index contributed by atoms with van der Waals surface area (Å²) in [5, 5.41) is 8.61. The molecule has 0 fully saturated rings. The van der Waals surface area contributed by atoms with Gasteiger partial charge in [0.1, 0.15) is 11.4 Å². The number of hydrogen-bond donors (Lipinski definition) is 1. The predicted molar refractivity (Wildman–Crippen MR) is 61.5 cm³/mol. The summed E-state index contributed by atoms with van der Waals surface area (Å²) in [5.74, 6) is -0.0756. The van der Waals surface area contributed by atoms with Gasteiger partial charge in [-0.05, 0) is 31.6 Å². The van der Waals surface area contributed by atoms with Gasteiger partial charge in [0, 0.05) is 18.1 Å². The summed E-state index contributed by atoms with van der Waals surface area (Å²) in [7, 11) is 0. The lowest BCUT2D eigenvalue weighted by Gasteiger charge is -2.16. The Bertz CT molecular complexity index is 458. The van der Waals surface area contributed by atoms with Crippen LogP contribution >= 0.6 is 0 Å². The second-order valence-corrected chi connectivity index (χ2v) is 4.53. The summed E-state index contributed by atoms with van der Waals surface area (Å²) < 4.78 is 5.76. The number of ether oxygens (including phenoxy) is 1. The Hall–Kier alpha value is -1.77. The smallest absolute Gasteiger partial charge is 0.328 e. The van der Waals surface area contributed by atoms with Gasteiger partial charge in [-0.25, -0.2) is 4.79 Å². The molecule has 0 saturated carbocycles. The van der Waals surface area contributed by atoms with E-state index in [0.717, 1.165) is 29.4 Å². The number of benzene rings is 1. The van der Waals surface area contributed by atoms with Crippen molar-refractivity contribution in [2.24, 2.45) is 0 Å². The molecule has 3 nitrogen and oxygen atoms in total. The summed E-state index contributed by atoms with van der Waals surface area (Å²) >= 11 is 0. The summed E-state index contributed by atoms with van der Waals surface area (Å²) in [6.07, 6.45) is 3.58. The van der Waals surface area contributed by atoms with Gasteiger partial charge in [-0.2, -0.15) is 0 Å². The number of hydrogen-bond acceptors (Lipinski definition) is 2. The fourth-order valence-corrected chi connectivity index (χ4v) is 1.94. The highest BCUT2D eigenvalue weighted by molar-refractivity contribution is 5.85. The number of carbonyl (C=O) groups is 1. The second-order valence-electron chi connectivity index (χ2n) is 4.53. The number of fused-ring (bicyclic) bond motifs is 1. The molecule has 2 rings (SSSR count). The molecule has 1 aromatic carbocycles. The van der Waals surface area contributed by atoms with Crippen LogP contribution in [0.4, 0.5) is 0 Å². The first kappa shape index (κ1) is 10.7. The third-order valence-electron chi connectivity index (χ3n) is 2.56. The van der Waals surface area contributed by atoms with Crippen molar-refractivity contribution < 1.29 is 14.6 Å². The summed E-state index contributed by atoms with van der Waals surface area (Å²) in [6, 6.07) is 5.70. The predicted octanol–water partition coefficient (Wildman–Crippen LogP) is 2.50. The molecule has 0 aromatic heterocycles. The normalized spacial score (nSPS) is 17.1. The van der Waals surface area contributed by atoms with Gasteiger partial charge in [-0.15, -0.1) is 0 Å². The zero-order valence-corrected chi connectivity index (χ0v) is 9.36. The van der Waals surface area contributed by atoms with Crippen molar-refractivity contribution in [1.82, 2.24) is 0 Å². The Morgan fingerprint density at radius 1 is 1.50 bits per heavy atom. The van der Waals surface area contributed by atoms with Gasteiger partial charge in [0.2, 0.25) is 0 Å². The van der Waals surface area contributed by atoms with E-state index in [9.17, 15) is 4.79 Å². The second kappa shape index (κ2) is 3.67. The van der Waals surface area contributed by atoms with Crippen molar-refractivity contribution >= 4 is 12.0 Å². The van der Waals surface area contributed by atoms with Crippen LogP contribution in [0.15, 0.2) is 24.3 Å². The first-order valence-electron chi connectivity index (χ1n) is 5.20. The first-order valence-corrected chi connectivity index (χ1v) is 5.20. The van der Waals surface area contributed by atoms with E-state index in [1.54, 1.807) is 6.08 Å². The molecule has 1 aromatic rings. The van der Waals surface area contributed by atoms with Crippen LogP contribution in [0.5, 0.6) is 5.75 Å². The Morgan fingerprint density at radius 2 is 2.25 bits per heavy atom. The van der Waals surface area contributed by atoms with Crippen LogP contribution in [-0.4, -0.2) is 16.7 Å². The largest absolute Gasteiger partial charge is 0.487 e. The number of aliphatic carboxylic acids is 1. The van der Waals surface area contributed by atoms with Crippen molar-refractivity contribution in [1.29, 1.82) is 0 Å². The number of rotatable bonds is 2. The Balaban J connectivity index is 2.37. The highest BCUT2D eigenvalue weighted by atomic mass is 16.5. The maximum Gasteiger partial charge on any atom is 0.328 e. The average Bonchev–Trinajstić information content (AvgIpc) is 2.48. The highest BCUT2D eigenvalue weighted by Crippen LogP contribution is 2.37. The van der Waals surface area contributed by atoms with Crippen molar-refractivity contribution in [2.75, 3.05) is 0 Å². The van der Waals surface area contributed by atoms with E-state index in [2.05, 4.69) is 0 Å². The molecule has 0 saturated heterocycles. The van der Waals surface area contributed by atoms with E-state index >= 15 is 0 Å². The molecule has 0 spiro atoms. The maximum absolute atomic E-state index is 10.5. The highest BCUT2D eigenvalue weighted by Gasteiger charge is 2.30. The standard InChI is InChI=1S/C13H14O3/c1-13(2)8-10-9(6-7-12(14)15)4-3-5-11(10)16-13/h3-7H,8H2,1-2H3,(H,14,15)/b7-6+. The molecule has 3 heteroatoms. The third-order valence-corrected chi connectivity index (χ3v) is 2.56. The molecule has 0 unspecified atom stereocenters. The molecule has 84 valence electrons. The molecule has 0 atom stereocenters. The van der Waals surface area contributed by atoms with Gasteiger partial charge in [0.05, 0.1) is 0 Å². The molecule has 1 aliphatic heterocycles. The van der Waals surface area contributed by atoms with E-state index < -0.39 is 5.97 Å². The van der Waals surface area contributed by atoms with Crippen LogP contribution in [0.25, 0.3) is 6.08 Å². The fraction of sp³-hybridized carbons (Fsp3) is 0.308. The Morgan fingerprint density at radius 3 is 2.94 bits per heavy atom. The number of carboxylic acids is 1. The van der Waals surface area contributed by atoms with Gasteiger partial charge in [-0.1, -0.05) is 12.1 Å². The summed E-state index contributed by atoms with van der Waals surface area (Å²) in [5.41, 5.74) is 1.81. The Labute approximate surface area is 94.4 Å². The molecular formula is C13H14O3. The van der Waals surface area contributed by atoms with E-state index in [1.165, 1.54) is 0 Å². The van der Waals surface area contributed by atoms with Crippen LogP contribution in [0.1, 0.15) is 25.0 Å². The van der Waals surface area contributed by atoms with E-state index in [-0.39, 0.29) is 5.60 Å². The van der Waals surface area contributed by atoms with Gasteiger partial charge >= 0.3 is 5.97 Å². The molecular weight excluding hydrogens is 204 g/mol. The monoisotopic (exact) mass is 218 g/mol. The molecule has 1 N–H and O–H groups in total. The van der Waals surface area contributed by atoms with E-state index in [1.807, 2.05) is 32.0 Å². The topological polar surface area (TPSA) is 46.5 Å². The van der Waals surface area contributed by atoms with Crippen LogP contribution < -0.4 is 4.74 Å². The van der Waals surface area contributed by atoms with Crippen LogP contribution in [0.2, 0.25) is 0 Å². The number of carboxylic acid groups (broad SMARTS) is 1. The van der Waals surface area contributed by atoms with Crippen LogP contribution in [0, 0.1) is 0 Å². The minimum absolute atomic E-state index is 0.199. The molecule has 0 amide bonds. The Kier molecular flexibility index (Phi) is 2.46. The summed E-state index contributed by atoms with van der Waals surface area (Å²) in [4.78, 5) is 10.5. The molecule has 0 radical (unpaired) electrons. The quantitative estimate of drug-likeness (QED) is 0.776. The van der Waals surface area contributed by atoms with Crippen molar-refractivity contribution in [3.05, 3.63) is 35.4 Å². The maximum atomic E-state index is 10.5. The molecule has 0 aliphatic carbocycles. The van der Waals surface area contributed by atoms with E-state index in [4.69, 9.17) is 9.84 Å². The molecule has 0 bridgehead atoms. The first-order chi connectivity index (χ1) is 7.48. The van der Waals surface area contributed by atoms with Crippen LogP contribution in [-0.2, 0) is 11.2 Å². The minimum Gasteiger partial charge on any atom is -0.487 e. The van der Waals surface area contributed by atoms with Crippen LogP contribution in [0.3, 0.4) is 0 Å². The van der Waals surface area contributed by atoms with Gasteiger partial charge in [0.25, 0.3) is 0 Å². The molecule has 16 heavy (non-hydrogen) atoms. The average molecular weight is 218 g/mol. The lowest BCUT2D eigenvalue weighted by atomic mass is 9.97. The summed E-state index contributed by atoms with van der Waals surface area (Å²) in [6.45, 7) is 4.05. The zero-order chi connectivity index (χ0) is 11.8. The lowest BCUT2D eigenvalue weighted by Crippen LogP contribution is -2.24. The zero-order valence-electron chi connectivity index (χ0n) is 9.36. The molecule has 1 aliphatic rings. The van der Waals surface area contributed by atoms with E-state index in [0.29, 0.717) is 0 Å².